The van der Waals surface area contributed by atoms with Crippen molar-refractivity contribution in [2.45, 2.75) is 60.2 Å². The second-order valence-corrected chi connectivity index (χ2v) is 6.02. The number of hydrogen-bond acceptors (Lipinski definition) is 1. The third kappa shape index (κ3) is 3.32. The summed E-state index contributed by atoms with van der Waals surface area (Å²) in [6.07, 6.45) is 2.95. The van der Waals surface area contributed by atoms with Gasteiger partial charge in [0.15, 0.2) is 0 Å². The fraction of sp³-hybridized carbons (Fsp3) is 0.474. The molecule has 0 fully saturated rings. The minimum absolute atomic E-state index is 0.0232. The van der Waals surface area contributed by atoms with Crippen LogP contribution in [0.15, 0.2) is 41.4 Å². The Balaban J connectivity index is 0.00000106. The topological polar surface area (TPSA) is 20.2 Å². The van der Waals surface area contributed by atoms with Gasteiger partial charge in [-0.25, -0.2) is 0 Å². The molecule has 0 spiro atoms. The van der Waals surface area contributed by atoms with E-state index in [-0.39, 0.29) is 12.3 Å². The van der Waals surface area contributed by atoms with E-state index in [0.717, 1.165) is 11.8 Å². The Bertz CT molecular complexity index is 552. The first-order valence-electron chi connectivity index (χ1n) is 8.07. The fourth-order valence-electron chi connectivity index (χ4n) is 3.05. The Morgan fingerprint density at radius 2 is 1.81 bits per heavy atom. The molecule has 0 amide bonds. The van der Waals surface area contributed by atoms with Crippen molar-refractivity contribution in [3.05, 3.63) is 52.5 Å². The number of fused-ring (bicyclic) bond motifs is 1. The maximum absolute atomic E-state index is 9.97. The first-order valence-corrected chi connectivity index (χ1v) is 8.07. The third-order valence-corrected chi connectivity index (χ3v) is 4.37. The normalized spacial score (nSPS) is 16.3. The van der Waals surface area contributed by atoms with Crippen LogP contribution in [0.25, 0.3) is 5.57 Å². The highest BCUT2D eigenvalue weighted by Gasteiger charge is 2.34. The molecule has 1 N–H and O–H groups in total. The fourth-order valence-corrected chi connectivity index (χ4v) is 3.05. The maximum Gasteiger partial charge on any atom is 0.318 e. The minimum Gasteiger partial charge on any atom is -0.447 e. The molecule has 0 unspecified atom stereocenters. The molecule has 2 heteroatoms. The van der Waals surface area contributed by atoms with E-state index >= 15 is 0 Å². The summed E-state index contributed by atoms with van der Waals surface area (Å²) in [4.78, 5) is 0. The zero-order valence-corrected chi connectivity index (χ0v) is 14.6. The Morgan fingerprint density at radius 3 is 2.33 bits per heavy atom. The molecule has 0 aromatic heterocycles. The molecule has 0 saturated heterocycles. The van der Waals surface area contributed by atoms with Gasteiger partial charge in [-0.2, -0.15) is 0 Å². The Morgan fingerprint density at radius 1 is 1.24 bits per heavy atom. The molecule has 21 heavy (non-hydrogen) atoms. The van der Waals surface area contributed by atoms with Gasteiger partial charge in [-0.05, 0) is 42.4 Å². The van der Waals surface area contributed by atoms with Gasteiger partial charge in [0.2, 0.25) is 0 Å². The molecule has 1 aliphatic carbocycles. The standard InChI is InChI=1S/C17H23BO.C2H6/c1-6-18(19)12(2)11-16-13(3)14-9-7-8-10-15(14)17(16,4)5;1-2/h7-11,19H,6H2,1-5H3;1-2H3/b12-11+;. The molecule has 1 aromatic rings. The summed E-state index contributed by atoms with van der Waals surface area (Å²) in [6, 6.07) is 8.61. The zero-order chi connectivity index (χ0) is 16.2. The molecular formula is C19H29BO. The number of hydrogen-bond donors (Lipinski definition) is 1. The van der Waals surface area contributed by atoms with Gasteiger partial charge < -0.3 is 5.02 Å². The van der Waals surface area contributed by atoms with Crippen molar-refractivity contribution in [2.75, 3.05) is 0 Å². The first kappa shape index (κ1) is 17.8. The number of allylic oxidation sites excluding steroid dienone is 4. The molecule has 2 rings (SSSR count). The molecule has 0 heterocycles. The molecule has 0 saturated carbocycles. The number of benzene rings is 1. The van der Waals surface area contributed by atoms with Crippen LogP contribution in [0.4, 0.5) is 0 Å². The molecule has 0 aliphatic heterocycles. The van der Waals surface area contributed by atoms with Crippen LogP contribution in [0.3, 0.4) is 0 Å². The SMILES string of the molecule is CC.CCB(O)/C(C)=C/C1=C(C)c2ccccc2C1(C)C. The molecular weight excluding hydrogens is 255 g/mol. The maximum atomic E-state index is 9.97. The molecule has 1 aromatic carbocycles. The molecule has 114 valence electrons. The van der Waals surface area contributed by atoms with E-state index in [1.54, 1.807) is 0 Å². The summed E-state index contributed by atoms with van der Waals surface area (Å²) in [7, 11) is 0. The van der Waals surface area contributed by atoms with Crippen LogP contribution in [0.2, 0.25) is 6.32 Å². The van der Waals surface area contributed by atoms with Crippen LogP contribution in [0.5, 0.6) is 0 Å². The molecule has 0 bridgehead atoms. The predicted octanol–water partition coefficient (Wildman–Crippen LogP) is 5.27. The lowest BCUT2D eigenvalue weighted by Gasteiger charge is -2.23. The van der Waals surface area contributed by atoms with Crippen molar-refractivity contribution >= 4 is 12.5 Å². The van der Waals surface area contributed by atoms with Gasteiger partial charge in [0.05, 0.1) is 0 Å². The van der Waals surface area contributed by atoms with Gasteiger partial charge in [-0.3, -0.25) is 0 Å². The lowest BCUT2D eigenvalue weighted by Crippen LogP contribution is -2.18. The Kier molecular flexibility index (Phi) is 6.04. The second kappa shape index (κ2) is 7.13. The average Bonchev–Trinajstić information content (AvgIpc) is 2.70. The number of rotatable bonds is 3. The minimum atomic E-state index is -0.334. The Labute approximate surface area is 130 Å². The van der Waals surface area contributed by atoms with Crippen LogP contribution >= 0.6 is 0 Å². The quantitative estimate of drug-likeness (QED) is 0.750. The van der Waals surface area contributed by atoms with Crippen molar-refractivity contribution in [1.29, 1.82) is 0 Å². The monoisotopic (exact) mass is 284 g/mol. The van der Waals surface area contributed by atoms with Crippen LogP contribution in [-0.4, -0.2) is 11.9 Å². The van der Waals surface area contributed by atoms with Gasteiger partial charge in [-0.15, -0.1) is 0 Å². The summed E-state index contributed by atoms with van der Waals surface area (Å²) < 4.78 is 0. The van der Waals surface area contributed by atoms with Gasteiger partial charge >= 0.3 is 6.92 Å². The van der Waals surface area contributed by atoms with Crippen LogP contribution in [0, 0.1) is 0 Å². The van der Waals surface area contributed by atoms with Gasteiger partial charge in [0.1, 0.15) is 0 Å². The van der Waals surface area contributed by atoms with Crippen molar-refractivity contribution in [3.63, 3.8) is 0 Å². The molecule has 1 nitrogen and oxygen atoms in total. The van der Waals surface area contributed by atoms with E-state index in [4.69, 9.17) is 0 Å². The molecule has 0 atom stereocenters. The summed E-state index contributed by atoms with van der Waals surface area (Å²) in [5.41, 5.74) is 6.48. The van der Waals surface area contributed by atoms with Crippen LogP contribution in [0.1, 0.15) is 59.6 Å². The second-order valence-electron chi connectivity index (χ2n) is 6.02. The highest BCUT2D eigenvalue weighted by Crippen LogP contribution is 2.46. The van der Waals surface area contributed by atoms with Gasteiger partial charge in [-0.1, -0.05) is 70.4 Å². The average molecular weight is 284 g/mol. The predicted molar refractivity (Wildman–Crippen MR) is 95.6 cm³/mol. The van der Waals surface area contributed by atoms with Crippen molar-refractivity contribution in [1.82, 2.24) is 0 Å². The van der Waals surface area contributed by atoms with E-state index in [1.165, 1.54) is 22.3 Å². The van der Waals surface area contributed by atoms with E-state index in [2.05, 4.69) is 51.1 Å². The van der Waals surface area contributed by atoms with E-state index in [1.807, 2.05) is 27.7 Å². The highest BCUT2D eigenvalue weighted by atomic mass is 16.2. The highest BCUT2D eigenvalue weighted by molar-refractivity contribution is 6.58. The van der Waals surface area contributed by atoms with E-state index in [0.29, 0.717) is 0 Å². The van der Waals surface area contributed by atoms with Gasteiger partial charge in [0.25, 0.3) is 0 Å². The smallest absolute Gasteiger partial charge is 0.318 e. The van der Waals surface area contributed by atoms with Gasteiger partial charge in [0, 0.05) is 5.41 Å². The van der Waals surface area contributed by atoms with Crippen LogP contribution in [-0.2, 0) is 5.41 Å². The first-order chi connectivity index (χ1) is 9.89. The summed E-state index contributed by atoms with van der Waals surface area (Å²) in [6.45, 7) is 14.4. The van der Waals surface area contributed by atoms with Crippen molar-refractivity contribution in [2.24, 2.45) is 0 Å². The molecule has 0 radical (unpaired) electrons. The molecule has 1 aliphatic rings. The summed E-state index contributed by atoms with van der Waals surface area (Å²) in [5, 5.41) is 9.97. The largest absolute Gasteiger partial charge is 0.447 e. The lowest BCUT2D eigenvalue weighted by molar-refractivity contribution is 0.579. The van der Waals surface area contributed by atoms with E-state index < -0.39 is 0 Å². The summed E-state index contributed by atoms with van der Waals surface area (Å²) >= 11 is 0. The van der Waals surface area contributed by atoms with Crippen molar-refractivity contribution < 1.29 is 5.02 Å². The van der Waals surface area contributed by atoms with Crippen LogP contribution < -0.4 is 0 Å². The van der Waals surface area contributed by atoms with E-state index in [9.17, 15) is 5.02 Å². The zero-order valence-electron chi connectivity index (χ0n) is 14.6. The Hall–Kier alpha value is -1.28. The third-order valence-electron chi connectivity index (χ3n) is 4.37. The lowest BCUT2D eigenvalue weighted by atomic mass is 9.58. The summed E-state index contributed by atoms with van der Waals surface area (Å²) in [5.74, 6) is 0. The van der Waals surface area contributed by atoms with Crippen molar-refractivity contribution in [3.8, 4) is 0 Å².